The topological polar surface area (TPSA) is 51.8 Å². The summed E-state index contributed by atoms with van der Waals surface area (Å²) in [5, 5.41) is 0.819. The van der Waals surface area contributed by atoms with E-state index in [1.165, 1.54) is 32.1 Å². The van der Waals surface area contributed by atoms with Crippen LogP contribution in [0.2, 0.25) is 0 Å². The first kappa shape index (κ1) is 10.7. The van der Waals surface area contributed by atoms with Gasteiger partial charge < -0.3 is 5.73 Å². The molecule has 0 saturated heterocycles. The molecule has 0 unspecified atom stereocenters. The van der Waals surface area contributed by atoms with E-state index in [9.17, 15) is 0 Å². The first-order chi connectivity index (χ1) is 7.34. The van der Waals surface area contributed by atoms with E-state index in [-0.39, 0.29) is 0 Å². The molecule has 1 saturated carbocycles. The molecule has 2 rings (SSSR count). The summed E-state index contributed by atoms with van der Waals surface area (Å²) in [6.45, 7) is 0. The Balaban J connectivity index is 1.79. The second kappa shape index (κ2) is 5.35. The van der Waals surface area contributed by atoms with Gasteiger partial charge in [0.2, 0.25) is 0 Å². The van der Waals surface area contributed by atoms with Crippen molar-refractivity contribution in [2.24, 2.45) is 0 Å². The quantitative estimate of drug-likeness (QED) is 0.856. The van der Waals surface area contributed by atoms with Crippen molar-refractivity contribution < 1.29 is 0 Å². The van der Waals surface area contributed by atoms with Crippen molar-refractivity contribution in [2.75, 3.05) is 5.73 Å². The summed E-state index contributed by atoms with van der Waals surface area (Å²) in [7, 11) is 0. The fourth-order valence-corrected chi connectivity index (χ4v) is 3.06. The minimum Gasteiger partial charge on any atom is -0.396 e. The van der Waals surface area contributed by atoms with Gasteiger partial charge in [-0.1, -0.05) is 19.3 Å². The van der Waals surface area contributed by atoms with Crippen LogP contribution in [-0.2, 0) is 5.75 Å². The molecule has 82 valence electrons. The van der Waals surface area contributed by atoms with Gasteiger partial charge in [-0.2, -0.15) is 11.8 Å². The van der Waals surface area contributed by atoms with Crippen LogP contribution >= 0.6 is 11.8 Å². The monoisotopic (exact) mass is 223 g/mol. The molecule has 4 heteroatoms. The third kappa shape index (κ3) is 3.38. The number of rotatable bonds is 3. The van der Waals surface area contributed by atoms with Crippen molar-refractivity contribution in [1.29, 1.82) is 0 Å². The van der Waals surface area contributed by atoms with Gasteiger partial charge in [0.15, 0.2) is 0 Å². The van der Waals surface area contributed by atoms with Crippen LogP contribution in [-0.4, -0.2) is 15.2 Å². The molecule has 2 N–H and O–H groups in total. The first-order valence-electron chi connectivity index (χ1n) is 5.52. The molecule has 0 amide bonds. The second-order valence-corrected chi connectivity index (χ2v) is 5.29. The predicted octanol–water partition coefficient (Wildman–Crippen LogP) is 2.62. The van der Waals surface area contributed by atoms with Crippen LogP contribution in [0, 0.1) is 0 Å². The van der Waals surface area contributed by atoms with E-state index in [1.807, 2.05) is 11.8 Å². The maximum atomic E-state index is 5.53. The molecule has 15 heavy (non-hydrogen) atoms. The molecule has 1 heterocycles. The predicted molar refractivity (Wildman–Crippen MR) is 64.6 cm³/mol. The molecule has 1 aromatic heterocycles. The normalized spacial score (nSPS) is 17.9. The van der Waals surface area contributed by atoms with E-state index in [0.717, 1.165) is 16.8 Å². The Bertz CT molecular complexity index is 293. The van der Waals surface area contributed by atoms with Crippen molar-refractivity contribution >= 4 is 17.4 Å². The zero-order valence-electron chi connectivity index (χ0n) is 8.85. The first-order valence-corrected chi connectivity index (χ1v) is 6.57. The summed E-state index contributed by atoms with van der Waals surface area (Å²) in [5.74, 6) is 1.82. The van der Waals surface area contributed by atoms with E-state index >= 15 is 0 Å². The minimum absolute atomic E-state index is 0.640. The molecule has 3 nitrogen and oxygen atoms in total. The molecule has 0 atom stereocenters. The average molecular weight is 223 g/mol. The molecule has 1 aromatic rings. The summed E-state index contributed by atoms with van der Waals surface area (Å²) in [5.41, 5.74) is 6.17. The third-order valence-electron chi connectivity index (χ3n) is 2.73. The summed E-state index contributed by atoms with van der Waals surface area (Å²) < 4.78 is 0. The Morgan fingerprint density at radius 3 is 2.53 bits per heavy atom. The molecule has 0 radical (unpaired) electrons. The molecular weight excluding hydrogens is 206 g/mol. The lowest BCUT2D eigenvalue weighted by Gasteiger charge is -2.20. The van der Waals surface area contributed by atoms with Crippen LogP contribution in [0.15, 0.2) is 12.4 Å². The highest BCUT2D eigenvalue weighted by Gasteiger charge is 2.13. The van der Waals surface area contributed by atoms with Gasteiger partial charge in [-0.3, -0.25) is 0 Å². The minimum atomic E-state index is 0.640. The van der Waals surface area contributed by atoms with Crippen LogP contribution in [0.1, 0.15) is 37.9 Å². The molecule has 1 fully saturated rings. The van der Waals surface area contributed by atoms with Crippen LogP contribution in [0.25, 0.3) is 0 Å². The van der Waals surface area contributed by atoms with Gasteiger partial charge in [-0.05, 0) is 12.8 Å². The lowest BCUT2D eigenvalue weighted by molar-refractivity contribution is 0.516. The zero-order valence-corrected chi connectivity index (χ0v) is 9.67. The van der Waals surface area contributed by atoms with Gasteiger partial charge in [0, 0.05) is 5.25 Å². The maximum Gasteiger partial charge on any atom is 0.138 e. The summed E-state index contributed by atoms with van der Waals surface area (Å²) in [6.07, 6.45) is 10.3. The van der Waals surface area contributed by atoms with E-state index < -0.39 is 0 Å². The largest absolute Gasteiger partial charge is 0.396 e. The van der Waals surface area contributed by atoms with Gasteiger partial charge in [0.1, 0.15) is 5.82 Å². The number of nitrogens with zero attached hydrogens (tertiary/aromatic N) is 2. The number of anilines is 1. The van der Waals surface area contributed by atoms with E-state index in [0.29, 0.717) is 5.69 Å². The summed E-state index contributed by atoms with van der Waals surface area (Å²) in [6, 6.07) is 0. The highest BCUT2D eigenvalue weighted by molar-refractivity contribution is 7.99. The molecule has 0 spiro atoms. The van der Waals surface area contributed by atoms with Crippen molar-refractivity contribution in [1.82, 2.24) is 9.97 Å². The van der Waals surface area contributed by atoms with Crippen molar-refractivity contribution in [3.05, 3.63) is 18.2 Å². The molecule has 1 aliphatic carbocycles. The Kier molecular flexibility index (Phi) is 3.83. The van der Waals surface area contributed by atoms with Crippen molar-refractivity contribution in [3.8, 4) is 0 Å². The van der Waals surface area contributed by atoms with E-state index in [1.54, 1.807) is 12.4 Å². The molecule has 0 aromatic carbocycles. The fraction of sp³-hybridized carbons (Fsp3) is 0.636. The van der Waals surface area contributed by atoms with Crippen LogP contribution in [0.5, 0.6) is 0 Å². The molecular formula is C11H17N3S. The van der Waals surface area contributed by atoms with Gasteiger partial charge in [-0.15, -0.1) is 0 Å². The molecule has 0 bridgehead atoms. The van der Waals surface area contributed by atoms with Crippen molar-refractivity contribution in [2.45, 2.75) is 43.1 Å². The third-order valence-corrected chi connectivity index (χ3v) is 4.09. The fourth-order valence-electron chi connectivity index (χ4n) is 1.86. The number of thioether (sulfide) groups is 1. The van der Waals surface area contributed by atoms with Gasteiger partial charge in [0.25, 0.3) is 0 Å². The highest BCUT2D eigenvalue weighted by Crippen LogP contribution is 2.29. The SMILES string of the molecule is Nc1cnc(CSC2CCCCC2)nc1. The van der Waals surface area contributed by atoms with Crippen molar-refractivity contribution in [3.63, 3.8) is 0 Å². The second-order valence-electron chi connectivity index (χ2n) is 4.00. The maximum absolute atomic E-state index is 5.53. The lowest BCUT2D eigenvalue weighted by atomic mass is 10.0. The number of nitrogens with two attached hydrogens (primary N) is 1. The Hall–Kier alpha value is -0.770. The molecule has 0 aliphatic heterocycles. The summed E-state index contributed by atoms with van der Waals surface area (Å²) >= 11 is 1.99. The van der Waals surface area contributed by atoms with Gasteiger partial charge in [0.05, 0.1) is 23.8 Å². The highest BCUT2D eigenvalue weighted by atomic mass is 32.2. The smallest absolute Gasteiger partial charge is 0.138 e. The number of aromatic nitrogens is 2. The number of hydrogen-bond acceptors (Lipinski definition) is 4. The Labute approximate surface area is 94.9 Å². The van der Waals surface area contributed by atoms with Crippen LogP contribution < -0.4 is 5.73 Å². The zero-order chi connectivity index (χ0) is 10.5. The number of nitrogen functional groups attached to an aromatic ring is 1. The average Bonchev–Trinajstić information content (AvgIpc) is 2.30. The van der Waals surface area contributed by atoms with E-state index in [4.69, 9.17) is 5.73 Å². The number of hydrogen-bond donors (Lipinski definition) is 1. The van der Waals surface area contributed by atoms with Crippen LogP contribution in [0.3, 0.4) is 0 Å². The van der Waals surface area contributed by atoms with Crippen LogP contribution in [0.4, 0.5) is 5.69 Å². The van der Waals surface area contributed by atoms with Gasteiger partial charge >= 0.3 is 0 Å². The lowest BCUT2D eigenvalue weighted by Crippen LogP contribution is -2.08. The summed E-state index contributed by atoms with van der Waals surface area (Å²) in [4.78, 5) is 8.41. The Morgan fingerprint density at radius 1 is 1.20 bits per heavy atom. The Morgan fingerprint density at radius 2 is 1.87 bits per heavy atom. The standard InChI is InChI=1S/C11H17N3S/c12-9-6-13-11(14-7-9)8-15-10-4-2-1-3-5-10/h6-7,10H,1-5,8,12H2. The molecule has 1 aliphatic rings. The van der Waals surface area contributed by atoms with E-state index in [2.05, 4.69) is 9.97 Å². The van der Waals surface area contributed by atoms with Gasteiger partial charge in [-0.25, -0.2) is 9.97 Å².